The number of hydrogen-bond donors (Lipinski definition) is 1. The van der Waals surface area contributed by atoms with Gasteiger partial charge in [-0.25, -0.2) is 0 Å². The molecule has 0 bridgehead atoms. The topological polar surface area (TPSA) is 33.2 Å². The van der Waals surface area contributed by atoms with Crippen molar-refractivity contribution in [1.29, 1.82) is 0 Å². The third-order valence-corrected chi connectivity index (χ3v) is 4.28. The number of nitrogens with one attached hydrogen (secondary N) is 1. The number of nitrogens with zero attached hydrogens (tertiary/aromatic N) is 2. The molecule has 1 aliphatic rings. The van der Waals surface area contributed by atoms with Gasteiger partial charge in [0.2, 0.25) is 0 Å². The summed E-state index contributed by atoms with van der Waals surface area (Å²) < 4.78 is 8.35. The summed E-state index contributed by atoms with van der Waals surface area (Å²) in [5.41, 5.74) is 2.24. The summed E-state index contributed by atoms with van der Waals surface area (Å²) in [5.74, 6) is 0.860. The summed E-state index contributed by atoms with van der Waals surface area (Å²) in [4.78, 5) is 5.67. The molecule has 1 N–H and O–H groups in total. The Bertz CT molecular complexity index is 638. The fraction of sp³-hybridized carbons (Fsp3) is 0.500. The van der Waals surface area contributed by atoms with Crippen LogP contribution in [0.2, 0.25) is 0 Å². The van der Waals surface area contributed by atoms with Crippen molar-refractivity contribution < 1.29 is 4.74 Å². The van der Waals surface area contributed by atoms with Crippen LogP contribution in [0.4, 0.5) is 0 Å². The van der Waals surface area contributed by atoms with E-state index in [1.165, 1.54) is 5.52 Å². The zero-order valence-electron chi connectivity index (χ0n) is 11.3. The molecular formula is C14H19N3OS. The van der Waals surface area contributed by atoms with Crippen LogP contribution in [0.25, 0.3) is 11.0 Å². The second-order valence-electron chi connectivity index (χ2n) is 5.22. The quantitative estimate of drug-likeness (QED) is 0.857. The van der Waals surface area contributed by atoms with Crippen molar-refractivity contribution in [2.24, 2.45) is 0 Å². The van der Waals surface area contributed by atoms with Crippen LogP contribution in [0.1, 0.15) is 18.9 Å². The van der Waals surface area contributed by atoms with E-state index in [0.29, 0.717) is 6.04 Å². The minimum absolute atomic E-state index is 0.505. The van der Waals surface area contributed by atoms with E-state index in [2.05, 4.69) is 27.6 Å². The molecule has 4 nitrogen and oxygen atoms in total. The van der Waals surface area contributed by atoms with Gasteiger partial charge >= 0.3 is 0 Å². The highest BCUT2D eigenvalue weighted by Crippen LogP contribution is 2.28. The Kier molecular flexibility index (Phi) is 3.33. The summed E-state index contributed by atoms with van der Waals surface area (Å²) in [6.45, 7) is 2.27. The molecule has 1 saturated heterocycles. The van der Waals surface area contributed by atoms with Gasteiger partial charge in [0.1, 0.15) is 5.75 Å². The van der Waals surface area contributed by atoms with Gasteiger partial charge in [-0.3, -0.25) is 0 Å². The van der Waals surface area contributed by atoms with Gasteiger partial charge in [-0.2, -0.15) is 0 Å². The van der Waals surface area contributed by atoms with Crippen LogP contribution < -0.4 is 4.74 Å². The lowest BCUT2D eigenvalue weighted by Gasteiger charge is -2.30. The number of H-pyrrole nitrogens is 1. The molecule has 0 radical (unpaired) electrons. The first kappa shape index (κ1) is 12.7. The average Bonchev–Trinajstić information content (AvgIpc) is 2.74. The van der Waals surface area contributed by atoms with Gasteiger partial charge in [0.25, 0.3) is 0 Å². The molecule has 1 aliphatic heterocycles. The maximum absolute atomic E-state index is 5.50. The first-order chi connectivity index (χ1) is 9.19. The molecule has 1 fully saturated rings. The van der Waals surface area contributed by atoms with Gasteiger partial charge in [0, 0.05) is 12.1 Å². The normalized spacial score (nSPS) is 18.0. The second-order valence-corrected chi connectivity index (χ2v) is 5.60. The van der Waals surface area contributed by atoms with Gasteiger partial charge in [0.05, 0.1) is 18.1 Å². The number of aromatic amines is 1. The lowest BCUT2D eigenvalue weighted by Crippen LogP contribution is -2.31. The number of aromatic nitrogens is 2. The lowest BCUT2D eigenvalue weighted by molar-refractivity contribution is 0.223. The molecule has 0 atom stereocenters. The number of fused-ring (bicyclic) bond motifs is 1. The first-order valence-corrected chi connectivity index (χ1v) is 7.06. The highest BCUT2D eigenvalue weighted by Gasteiger charge is 2.20. The number of rotatable bonds is 2. The molecular weight excluding hydrogens is 258 g/mol. The average molecular weight is 277 g/mol. The first-order valence-electron chi connectivity index (χ1n) is 6.66. The third kappa shape index (κ3) is 2.28. The van der Waals surface area contributed by atoms with Crippen molar-refractivity contribution in [3.8, 4) is 5.75 Å². The van der Waals surface area contributed by atoms with Crippen molar-refractivity contribution in [3.63, 3.8) is 0 Å². The molecule has 19 heavy (non-hydrogen) atoms. The maximum Gasteiger partial charge on any atom is 0.178 e. The van der Waals surface area contributed by atoms with Crippen molar-refractivity contribution in [1.82, 2.24) is 14.5 Å². The molecule has 0 saturated carbocycles. The minimum Gasteiger partial charge on any atom is -0.497 e. The molecule has 1 aromatic carbocycles. The Hall–Kier alpha value is -1.33. The van der Waals surface area contributed by atoms with E-state index >= 15 is 0 Å². The van der Waals surface area contributed by atoms with Crippen molar-refractivity contribution >= 4 is 23.3 Å². The van der Waals surface area contributed by atoms with Crippen LogP contribution in [0.5, 0.6) is 5.75 Å². The van der Waals surface area contributed by atoms with E-state index in [1.54, 1.807) is 7.11 Å². The predicted octanol–water partition coefficient (Wildman–Crippen LogP) is 2.97. The van der Waals surface area contributed by atoms with E-state index in [4.69, 9.17) is 17.0 Å². The number of ether oxygens (including phenoxy) is 1. The molecule has 3 rings (SSSR count). The highest BCUT2D eigenvalue weighted by molar-refractivity contribution is 7.71. The number of likely N-dealkylation sites (tertiary alicyclic amines) is 1. The monoisotopic (exact) mass is 277 g/mol. The van der Waals surface area contributed by atoms with E-state index < -0.39 is 0 Å². The van der Waals surface area contributed by atoms with Crippen LogP contribution in [0.15, 0.2) is 18.2 Å². The predicted molar refractivity (Wildman–Crippen MR) is 79.4 cm³/mol. The molecule has 1 aromatic heterocycles. The molecule has 2 aromatic rings. The standard InChI is InChI=1S/C14H19N3OS/c1-16-7-5-10(6-8-16)17-13-4-3-11(18-2)9-12(13)15-14(17)19/h3-4,9-10H,5-8H2,1-2H3,(H,15,19). The Morgan fingerprint density at radius 2 is 2.05 bits per heavy atom. The van der Waals surface area contributed by atoms with E-state index in [1.807, 2.05) is 12.1 Å². The largest absolute Gasteiger partial charge is 0.497 e. The molecule has 2 heterocycles. The second kappa shape index (κ2) is 4.98. The SMILES string of the molecule is COc1ccc2c(c1)[nH]c(=S)n2C1CCN(C)CC1. The summed E-state index contributed by atoms with van der Waals surface area (Å²) in [6, 6.07) is 6.61. The van der Waals surface area contributed by atoms with Gasteiger partial charge < -0.3 is 19.2 Å². The number of hydrogen-bond acceptors (Lipinski definition) is 3. The molecule has 5 heteroatoms. The summed E-state index contributed by atoms with van der Waals surface area (Å²) in [5, 5.41) is 0. The summed E-state index contributed by atoms with van der Waals surface area (Å²) >= 11 is 5.50. The molecule has 0 amide bonds. The van der Waals surface area contributed by atoms with Crippen LogP contribution in [-0.4, -0.2) is 41.7 Å². The van der Waals surface area contributed by atoms with E-state index in [0.717, 1.165) is 42.0 Å². The fourth-order valence-corrected chi connectivity index (χ4v) is 3.21. The zero-order chi connectivity index (χ0) is 13.4. The highest BCUT2D eigenvalue weighted by atomic mass is 32.1. The molecule has 0 spiro atoms. The Labute approximate surface area is 118 Å². The smallest absolute Gasteiger partial charge is 0.178 e. The van der Waals surface area contributed by atoms with E-state index in [9.17, 15) is 0 Å². The molecule has 0 unspecified atom stereocenters. The van der Waals surface area contributed by atoms with Crippen LogP contribution in [0.3, 0.4) is 0 Å². The molecule has 0 aliphatic carbocycles. The van der Waals surface area contributed by atoms with Crippen LogP contribution >= 0.6 is 12.2 Å². The van der Waals surface area contributed by atoms with Gasteiger partial charge in [-0.15, -0.1) is 0 Å². The summed E-state index contributed by atoms with van der Waals surface area (Å²) in [7, 11) is 3.86. The van der Waals surface area contributed by atoms with E-state index in [-0.39, 0.29) is 0 Å². The van der Waals surface area contributed by atoms with Crippen molar-refractivity contribution in [3.05, 3.63) is 23.0 Å². The number of methoxy groups -OCH3 is 1. The Morgan fingerprint density at radius 3 is 2.74 bits per heavy atom. The minimum atomic E-state index is 0.505. The Morgan fingerprint density at radius 1 is 1.32 bits per heavy atom. The van der Waals surface area contributed by atoms with Crippen molar-refractivity contribution in [2.45, 2.75) is 18.9 Å². The van der Waals surface area contributed by atoms with Gasteiger partial charge in [-0.1, -0.05) is 0 Å². The van der Waals surface area contributed by atoms with Crippen LogP contribution in [-0.2, 0) is 0 Å². The summed E-state index contributed by atoms with van der Waals surface area (Å²) in [6.07, 6.45) is 2.31. The number of benzene rings is 1. The van der Waals surface area contributed by atoms with Crippen molar-refractivity contribution in [2.75, 3.05) is 27.2 Å². The third-order valence-electron chi connectivity index (χ3n) is 3.98. The van der Waals surface area contributed by atoms with Gasteiger partial charge in [0.15, 0.2) is 4.77 Å². The van der Waals surface area contributed by atoms with Gasteiger partial charge in [-0.05, 0) is 57.3 Å². The zero-order valence-corrected chi connectivity index (χ0v) is 12.2. The molecule has 102 valence electrons. The maximum atomic E-state index is 5.50. The number of imidazole rings is 1. The fourth-order valence-electron chi connectivity index (χ4n) is 2.85. The number of piperidine rings is 1. The van der Waals surface area contributed by atoms with Crippen LogP contribution in [0, 0.1) is 4.77 Å². The Balaban J connectivity index is 2.03. The lowest BCUT2D eigenvalue weighted by atomic mass is 10.1.